The second-order valence-corrected chi connectivity index (χ2v) is 10.6. The molecule has 10 heteroatoms. The Morgan fingerprint density at radius 3 is 2.71 bits per heavy atom. The van der Waals surface area contributed by atoms with Crippen LogP contribution in [0.25, 0.3) is 11.2 Å². The summed E-state index contributed by atoms with van der Waals surface area (Å²) in [6.07, 6.45) is 6.79. The van der Waals surface area contributed by atoms with E-state index in [-0.39, 0.29) is 12.1 Å². The van der Waals surface area contributed by atoms with Crippen molar-refractivity contribution in [3.8, 4) is 0 Å². The normalized spacial score (nSPS) is 18.9. The van der Waals surface area contributed by atoms with Crippen molar-refractivity contribution in [2.75, 3.05) is 24.5 Å². The van der Waals surface area contributed by atoms with Gasteiger partial charge < -0.3 is 19.4 Å². The third-order valence-corrected chi connectivity index (χ3v) is 7.89. The lowest BCUT2D eigenvalue weighted by Crippen LogP contribution is -2.40. The molecule has 2 aliphatic heterocycles. The number of nitrogens with zero attached hydrogens (tertiary/aromatic N) is 7. The quantitative estimate of drug-likeness (QED) is 0.379. The van der Waals surface area contributed by atoms with Crippen LogP contribution < -0.4 is 21.5 Å². The molecule has 1 N–H and O–H groups in total. The lowest BCUT2D eigenvalue weighted by atomic mass is 10.1. The van der Waals surface area contributed by atoms with Crippen LogP contribution in [0.2, 0.25) is 0 Å². The molecule has 198 valence electrons. The maximum Gasteiger partial charge on any atom is 0.332 e. The minimum atomic E-state index is -0.392. The van der Waals surface area contributed by atoms with Gasteiger partial charge in [0.15, 0.2) is 11.2 Å². The molecule has 0 radical (unpaired) electrons. The molecule has 0 aliphatic carbocycles. The Hall–Kier alpha value is -3.92. The van der Waals surface area contributed by atoms with Gasteiger partial charge in [-0.1, -0.05) is 42.0 Å². The van der Waals surface area contributed by atoms with Gasteiger partial charge in [-0.15, -0.1) is 0 Å². The van der Waals surface area contributed by atoms with E-state index < -0.39 is 5.69 Å². The third-order valence-electron chi connectivity index (χ3n) is 7.89. The van der Waals surface area contributed by atoms with Gasteiger partial charge in [-0.05, 0) is 31.7 Å². The Kier molecular flexibility index (Phi) is 6.27. The second kappa shape index (κ2) is 9.75. The van der Waals surface area contributed by atoms with E-state index in [9.17, 15) is 9.59 Å². The predicted octanol–water partition coefficient (Wildman–Crippen LogP) is 1.95. The first-order valence-corrected chi connectivity index (χ1v) is 13.3. The van der Waals surface area contributed by atoms with E-state index in [1.54, 1.807) is 13.2 Å². The van der Waals surface area contributed by atoms with Gasteiger partial charge in [0.1, 0.15) is 5.82 Å². The van der Waals surface area contributed by atoms with Gasteiger partial charge >= 0.3 is 5.69 Å². The molecule has 5 heterocycles. The summed E-state index contributed by atoms with van der Waals surface area (Å²) >= 11 is 0. The monoisotopic (exact) mass is 514 g/mol. The molecule has 3 aromatic heterocycles. The van der Waals surface area contributed by atoms with Gasteiger partial charge in [0.25, 0.3) is 5.56 Å². The lowest BCUT2D eigenvalue weighted by molar-refractivity contribution is 0.573. The molecule has 2 fully saturated rings. The van der Waals surface area contributed by atoms with E-state index >= 15 is 0 Å². The summed E-state index contributed by atoms with van der Waals surface area (Å²) in [6.45, 7) is 8.13. The van der Waals surface area contributed by atoms with Crippen molar-refractivity contribution in [3.63, 3.8) is 0 Å². The van der Waals surface area contributed by atoms with E-state index in [4.69, 9.17) is 4.98 Å². The molecular weight excluding hydrogens is 480 g/mol. The average Bonchev–Trinajstić information content (AvgIpc) is 3.69. The molecule has 10 nitrogen and oxygen atoms in total. The largest absolute Gasteiger partial charge is 0.338 e. The molecule has 38 heavy (non-hydrogen) atoms. The molecule has 0 amide bonds. The minimum absolute atomic E-state index is 0.0861. The fourth-order valence-electron chi connectivity index (χ4n) is 5.82. The Labute approximate surface area is 220 Å². The van der Waals surface area contributed by atoms with Crippen molar-refractivity contribution < 1.29 is 0 Å². The van der Waals surface area contributed by atoms with E-state index in [2.05, 4.69) is 21.3 Å². The standard InChI is InChI=1S/C28H34N8O2/c1-19(2)9-12-35-24-25(31-27(35)34-13-10-21-15-29-16-22(21)34)32(3)28(38)36(26(24)37)18-23-30-11-14-33(23)17-20-7-5-4-6-8-20/h4-9,11,14,21-22,29H,10,12-13,15-18H2,1-3H3. The van der Waals surface area contributed by atoms with Crippen LogP contribution in [0.4, 0.5) is 5.95 Å². The van der Waals surface area contributed by atoms with Crippen LogP contribution in [-0.4, -0.2) is 53.9 Å². The van der Waals surface area contributed by atoms with Crippen molar-refractivity contribution in [2.45, 2.75) is 45.9 Å². The summed E-state index contributed by atoms with van der Waals surface area (Å²) < 4.78 is 6.78. The van der Waals surface area contributed by atoms with Gasteiger partial charge in [-0.2, -0.15) is 4.98 Å². The molecule has 0 bridgehead atoms. The van der Waals surface area contributed by atoms with Crippen molar-refractivity contribution in [3.05, 3.63) is 86.6 Å². The average molecular weight is 515 g/mol. The van der Waals surface area contributed by atoms with Gasteiger partial charge in [0, 0.05) is 58.2 Å². The number of nitrogens with one attached hydrogen (secondary N) is 1. The van der Waals surface area contributed by atoms with Crippen LogP contribution in [0.15, 0.2) is 64.0 Å². The molecular formula is C28H34N8O2. The van der Waals surface area contributed by atoms with Crippen molar-refractivity contribution in [2.24, 2.45) is 13.0 Å². The van der Waals surface area contributed by atoms with Gasteiger partial charge in [0.05, 0.1) is 6.54 Å². The number of allylic oxidation sites excluding steroid dienone is 2. The highest BCUT2D eigenvalue weighted by atomic mass is 16.2. The minimum Gasteiger partial charge on any atom is -0.338 e. The highest BCUT2D eigenvalue weighted by molar-refractivity contribution is 5.75. The van der Waals surface area contributed by atoms with E-state index in [1.807, 2.05) is 59.5 Å². The summed E-state index contributed by atoms with van der Waals surface area (Å²) in [5.41, 5.74) is 2.44. The van der Waals surface area contributed by atoms with E-state index in [1.165, 1.54) is 9.13 Å². The maximum absolute atomic E-state index is 14.0. The van der Waals surface area contributed by atoms with Crippen LogP contribution in [0.3, 0.4) is 0 Å². The van der Waals surface area contributed by atoms with Crippen LogP contribution in [0.1, 0.15) is 31.7 Å². The molecule has 2 aliphatic rings. The Balaban J connectivity index is 1.46. The predicted molar refractivity (Wildman–Crippen MR) is 148 cm³/mol. The van der Waals surface area contributed by atoms with E-state index in [0.29, 0.717) is 42.0 Å². The summed E-state index contributed by atoms with van der Waals surface area (Å²) in [7, 11) is 1.70. The van der Waals surface area contributed by atoms with Crippen LogP contribution in [0.5, 0.6) is 0 Å². The van der Waals surface area contributed by atoms with Gasteiger partial charge in [0.2, 0.25) is 5.95 Å². The molecule has 1 aromatic carbocycles. The number of aromatic nitrogens is 6. The van der Waals surface area contributed by atoms with Crippen molar-refractivity contribution in [1.82, 2.24) is 33.6 Å². The Morgan fingerprint density at radius 1 is 1.11 bits per heavy atom. The van der Waals surface area contributed by atoms with Crippen LogP contribution in [-0.2, 0) is 26.7 Å². The molecule has 2 atom stereocenters. The zero-order valence-corrected chi connectivity index (χ0v) is 22.2. The molecule has 0 spiro atoms. The number of hydrogen-bond donors (Lipinski definition) is 1. The van der Waals surface area contributed by atoms with E-state index in [0.717, 1.165) is 43.1 Å². The number of benzene rings is 1. The fraction of sp³-hybridized carbons (Fsp3) is 0.429. The first kappa shape index (κ1) is 24.4. The molecule has 4 aromatic rings. The van der Waals surface area contributed by atoms with Gasteiger partial charge in [-0.25, -0.2) is 9.78 Å². The highest BCUT2D eigenvalue weighted by Gasteiger charge is 2.40. The summed E-state index contributed by atoms with van der Waals surface area (Å²) in [6, 6.07) is 10.4. The second-order valence-electron chi connectivity index (χ2n) is 10.6. The maximum atomic E-state index is 14.0. The topological polar surface area (TPSA) is 94.9 Å². The number of fused-ring (bicyclic) bond motifs is 2. The Morgan fingerprint density at radius 2 is 1.92 bits per heavy atom. The number of hydrogen-bond acceptors (Lipinski definition) is 6. The molecule has 6 rings (SSSR count). The summed E-state index contributed by atoms with van der Waals surface area (Å²) in [5.74, 6) is 2.00. The number of anilines is 1. The first-order valence-electron chi connectivity index (χ1n) is 13.3. The summed E-state index contributed by atoms with van der Waals surface area (Å²) in [5, 5.41) is 3.49. The SMILES string of the molecule is CC(C)=CCn1c(N2CCC3CNCC32)nc2c1c(=O)n(Cc1nccn1Cc1ccccc1)c(=O)n2C. The first-order chi connectivity index (χ1) is 18.4. The molecule has 2 saturated heterocycles. The summed E-state index contributed by atoms with van der Waals surface area (Å²) in [4.78, 5) is 39.3. The van der Waals surface area contributed by atoms with Crippen LogP contribution in [0, 0.1) is 5.92 Å². The number of aryl methyl sites for hydroxylation is 1. The molecule has 0 saturated carbocycles. The smallest absolute Gasteiger partial charge is 0.332 e. The molecule has 2 unspecified atom stereocenters. The Bertz CT molecular complexity index is 1620. The van der Waals surface area contributed by atoms with Crippen molar-refractivity contribution in [1.29, 1.82) is 0 Å². The third kappa shape index (κ3) is 4.18. The lowest BCUT2D eigenvalue weighted by Gasteiger charge is -2.25. The zero-order chi connectivity index (χ0) is 26.4. The highest BCUT2D eigenvalue weighted by Crippen LogP contribution is 2.32. The van der Waals surface area contributed by atoms with Gasteiger partial charge in [-0.3, -0.25) is 13.9 Å². The van der Waals surface area contributed by atoms with Crippen molar-refractivity contribution >= 4 is 17.1 Å². The number of imidazole rings is 2. The number of rotatable bonds is 7. The fourth-order valence-corrected chi connectivity index (χ4v) is 5.82. The van der Waals surface area contributed by atoms with Crippen LogP contribution >= 0.6 is 0 Å². The zero-order valence-electron chi connectivity index (χ0n) is 22.2.